The van der Waals surface area contributed by atoms with Crippen molar-refractivity contribution >= 4 is 41.1 Å². The van der Waals surface area contributed by atoms with E-state index >= 15 is 0 Å². The second-order valence-electron chi connectivity index (χ2n) is 14.2. The summed E-state index contributed by atoms with van der Waals surface area (Å²) in [6, 6.07) is 11.8. The number of benzene rings is 2. The highest BCUT2D eigenvalue weighted by molar-refractivity contribution is 7.99. The molecule has 2 aromatic rings. The summed E-state index contributed by atoms with van der Waals surface area (Å²) in [6.45, 7) is 12.5. The van der Waals surface area contributed by atoms with Crippen molar-refractivity contribution in [1.29, 1.82) is 0 Å². The highest BCUT2D eigenvalue weighted by Crippen LogP contribution is 2.43. The maximum absolute atomic E-state index is 13.0. The molecule has 0 bridgehead atoms. The Morgan fingerprint density at radius 3 is 2.65 bits per heavy atom. The van der Waals surface area contributed by atoms with E-state index in [0.717, 1.165) is 61.7 Å². The molecule has 5 atom stereocenters. The number of nitrogens with one attached hydrogen (secondary N) is 1. The Labute approximate surface area is 296 Å². The highest BCUT2D eigenvalue weighted by atomic mass is 35.5. The predicted octanol–water partition coefficient (Wildman–Crippen LogP) is 7.34. The maximum Gasteiger partial charge on any atom is 0.263 e. The normalized spacial score (nSPS) is 20.7. The fourth-order valence-electron chi connectivity index (χ4n) is 6.50. The highest BCUT2D eigenvalue weighted by Gasteiger charge is 2.39. The summed E-state index contributed by atoms with van der Waals surface area (Å²) in [5.41, 5.74) is 3.91. The van der Waals surface area contributed by atoms with Gasteiger partial charge in [0.25, 0.3) is 5.91 Å². The number of hydrogen-bond acceptors (Lipinski definition) is 7. The molecule has 1 heterocycles. The molecular formula is C38H54ClN3O5S. The average molecular weight is 700 g/mol. The molecular weight excluding hydrogens is 646 g/mol. The number of nitrogens with zero attached hydrogens (tertiary/aromatic N) is 2. The minimum atomic E-state index is -1.31. The molecule has 2 aromatic carbocycles. The minimum Gasteiger partial charge on any atom is -0.491 e. The van der Waals surface area contributed by atoms with Gasteiger partial charge in [-0.15, -0.1) is 0 Å². The first-order valence-electron chi connectivity index (χ1n) is 17.2. The molecule has 1 aliphatic carbocycles. The molecule has 1 fully saturated rings. The Hall–Kier alpha value is -2.72. The fraction of sp³-hybridized carbons (Fsp3) is 0.579. The van der Waals surface area contributed by atoms with E-state index in [2.05, 4.69) is 40.8 Å². The van der Waals surface area contributed by atoms with Crippen LogP contribution in [0.15, 0.2) is 48.6 Å². The van der Waals surface area contributed by atoms with Crippen molar-refractivity contribution in [2.45, 2.75) is 89.6 Å². The summed E-state index contributed by atoms with van der Waals surface area (Å²) >= 11 is 7.74. The Morgan fingerprint density at radius 1 is 1.23 bits per heavy atom. The van der Waals surface area contributed by atoms with Crippen molar-refractivity contribution in [3.05, 3.63) is 70.3 Å². The molecule has 0 radical (unpaired) electrons. The van der Waals surface area contributed by atoms with Crippen molar-refractivity contribution in [3.8, 4) is 5.75 Å². The van der Waals surface area contributed by atoms with E-state index in [4.69, 9.17) is 21.1 Å². The minimum absolute atomic E-state index is 0.0190. The first-order valence-corrected chi connectivity index (χ1v) is 18.4. The van der Waals surface area contributed by atoms with Crippen LogP contribution in [0.3, 0.4) is 0 Å². The Balaban J connectivity index is 1.61. The van der Waals surface area contributed by atoms with Crippen LogP contribution < -0.4 is 14.4 Å². The van der Waals surface area contributed by atoms with Gasteiger partial charge in [-0.05, 0) is 111 Å². The molecule has 5 unspecified atom stereocenters. The zero-order valence-corrected chi connectivity index (χ0v) is 31.2. The molecule has 8 nitrogen and oxygen atoms in total. The molecule has 48 heavy (non-hydrogen) atoms. The van der Waals surface area contributed by atoms with E-state index < -0.39 is 12.0 Å². The molecule has 1 saturated carbocycles. The van der Waals surface area contributed by atoms with Gasteiger partial charge in [0.15, 0.2) is 6.10 Å². The van der Waals surface area contributed by atoms with Gasteiger partial charge in [0, 0.05) is 56.4 Å². The quantitative estimate of drug-likeness (QED) is 0.158. The number of rotatable bonds is 14. The van der Waals surface area contributed by atoms with Gasteiger partial charge in [-0.3, -0.25) is 14.3 Å². The van der Waals surface area contributed by atoms with Crippen molar-refractivity contribution in [2.24, 2.45) is 11.8 Å². The largest absolute Gasteiger partial charge is 0.491 e. The number of carbonyl (C=O) groups excluding carboxylic acids is 2. The lowest BCUT2D eigenvalue weighted by atomic mass is 9.70. The third-order valence-electron chi connectivity index (χ3n) is 9.41. The summed E-state index contributed by atoms with van der Waals surface area (Å²) < 4.78 is 15.1. The van der Waals surface area contributed by atoms with Gasteiger partial charge in [-0.25, -0.2) is 0 Å². The van der Waals surface area contributed by atoms with Gasteiger partial charge in [0.05, 0.1) is 18.4 Å². The van der Waals surface area contributed by atoms with Crippen LogP contribution in [0.25, 0.3) is 0 Å². The maximum atomic E-state index is 13.0. The second-order valence-corrected chi connectivity index (χ2v) is 16.2. The monoisotopic (exact) mass is 699 g/mol. The molecule has 264 valence electrons. The second kappa shape index (κ2) is 17.3. The molecule has 0 spiro atoms. The molecule has 0 saturated heterocycles. The van der Waals surface area contributed by atoms with Crippen LogP contribution in [0.1, 0.15) is 89.0 Å². The molecule has 10 heteroatoms. The number of ether oxygens (including phenoxy) is 2. The molecule has 2 N–H and O–H groups in total. The molecule has 2 amide bonds. The van der Waals surface area contributed by atoms with Crippen molar-refractivity contribution < 1.29 is 24.2 Å². The van der Waals surface area contributed by atoms with Crippen LogP contribution in [-0.2, 0) is 20.7 Å². The number of carbonyl (C=O) groups is 2. The van der Waals surface area contributed by atoms with Gasteiger partial charge in [-0.1, -0.05) is 49.2 Å². The van der Waals surface area contributed by atoms with Crippen molar-refractivity contribution in [2.75, 3.05) is 45.3 Å². The van der Waals surface area contributed by atoms with E-state index in [-0.39, 0.29) is 22.7 Å². The van der Waals surface area contributed by atoms with E-state index in [1.54, 1.807) is 25.0 Å². The van der Waals surface area contributed by atoms with Crippen LogP contribution in [-0.4, -0.2) is 73.1 Å². The van der Waals surface area contributed by atoms with E-state index in [1.807, 2.05) is 46.0 Å². The third kappa shape index (κ3) is 10.2. The van der Waals surface area contributed by atoms with Gasteiger partial charge >= 0.3 is 0 Å². The Bertz CT molecular complexity index is 1430. The van der Waals surface area contributed by atoms with Gasteiger partial charge in [0.2, 0.25) is 5.91 Å². The number of halogens is 1. The Kier molecular flexibility index (Phi) is 13.7. The Morgan fingerprint density at radius 2 is 2.00 bits per heavy atom. The first-order chi connectivity index (χ1) is 22.8. The number of aliphatic hydroxyl groups is 1. The first kappa shape index (κ1) is 38.1. The van der Waals surface area contributed by atoms with Gasteiger partial charge in [-0.2, -0.15) is 0 Å². The number of aliphatic hydroxyl groups excluding tert-OH is 1. The molecule has 1 aliphatic heterocycles. The average Bonchev–Trinajstić information content (AvgIpc) is 3.21. The summed E-state index contributed by atoms with van der Waals surface area (Å²) in [4.78, 5) is 28.7. The van der Waals surface area contributed by atoms with Crippen molar-refractivity contribution in [1.82, 2.24) is 9.62 Å². The fourth-order valence-corrected chi connectivity index (χ4v) is 7.21. The molecule has 0 aromatic heterocycles. The molecule has 4 rings (SSSR count). The summed E-state index contributed by atoms with van der Waals surface area (Å²) in [6.07, 6.45) is 7.84. The standard InChI is InChI=1S/C38H54ClN3O5S/c1-8-11-26-20-30(39)15-17-31(26)29-23-42(22-28-13-16-32(28)34(46-7)12-9-10-19-41(6)25(2)43)33-21-27(14-18-35(33)47-24-29)36(44)37(45)40-48-38(3,4)5/h9,12,14-15,17-18,20-21,28-29,32,34,36,44H,8,10-11,13,16,19,22-24H2,1-7H3,(H,40,45)/b12-9+. The van der Waals surface area contributed by atoms with E-state index in [1.165, 1.54) is 23.1 Å². The van der Waals surface area contributed by atoms with Gasteiger partial charge in [0.1, 0.15) is 5.75 Å². The number of fused-ring (bicyclic) bond motifs is 1. The van der Waals surface area contributed by atoms with Crippen LogP contribution in [0, 0.1) is 11.8 Å². The molecule has 2 aliphatic rings. The van der Waals surface area contributed by atoms with Gasteiger partial charge < -0.3 is 24.4 Å². The lowest BCUT2D eigenvalue weighted by Crippen LogP contribution is -2.44. The zero-order valence-electron chi connectivity index (χ0n) is 29.6. The smallest absolute Gasteiger partial charge is 0.263 e. The summed E-state index contributed by atoms with van der Waals surface area (Å²) in [5.74, 6) is 1.20. The number of methoxy groups -OCH3 is 1. The van der Waals surface area contributed by atoms with Crippen LogP contribution in [0.4, 0.5) is 5.69 Å². The van der Waals surface area contributed by atoms with Crippen LogP contribution in [0.5, 0.6) is 5.75 Å². The summed E-state index contributed by atoms with van der Waals surface area (Å²) in [5, 5.41) is 11.8. The lowest BCUT2D eigenvalue weighted by molar-refractivity contribution is -0.128. The van der Waals surface area contributed by atoms with E-state index in [9.17, 15) is 14.7 Å². The van der Waals surface area contributed by atoms with Crippen LogP contribution >= 0.6 is 23.5 Å². The van der Waals surface area contributed by atoms with E-state index in [0.29, 0.717) is 30.6 Å². The van der Waals surface area contributed by atoms with Crippen LogP contribution in [0.2, 0.25) is 5.02 Å². The lowest BCUT2D eigenvalue weighted by Gasteiger charge is -2.43. The number of hydrogen-bond donors (Lipinski definition) is 2. The number of aryl methyl sites for hydroxylation is 1. The van der Waals surface area contributed by atoms with Crippen molar-refractivity contribution in [3.63, 3.8) is 0 Å². The predicted molar refractivity (Wildman–Crippen MR) is 197 cm³/mol. The third-order valence-corrected chi connectivity index (χ3v) is 10.6. The zero-order chi connectivity index (χ0) is 35.0. The number of amides is 2. The summed E-state index contributed by atoms with van der Waals surface area (Å²) in [7, 11) is 3.59. The number of anilines is 1. The topological polar surface area (TPSA) is 91.3 Å². The SMILES string of the molecule is CCCc1cc(Cl)ccc1C1COc2ccc(C(O)C(=O)NSC(C)(C)C)cc2N(CC2CCC2C(/C=C/CCN(C)C(C)=O)OC)C1.